The van der Waals surface area contributed by atoms with Crippen LogP contribution in [0.2, 0.25) is 0 Å². The molecule has 1 N–H and O–H groups in total. The molecule has 0 saturated heterocycles. The molecule has 7 nitrogen and oxygen atoms in total. The van der Waals surface area contributed by atoms with Crippen molar-refractivity contribution in [1.29, 1.82) is 5.26 Å². The molecule has 2 aromatic heterocycles. The highest BCUT2D eigenvalue weighted by Crippen LogP contribution is 2.27. The molecule has 3 rings (SSSR count). The summed E-state index contributed by atoms with van der Waals surface area (Å²) in [7, 11) is 0. The normalized spacial score (nSPS) is 10.4. The van der Waals surface area contributed by atoms with E-state index in [1.54, 1.807) is 24.3 Å². The molecule has 0 bridgehead atoms. The molecular weight excluding hydrogens is 362 g/mol. The molecule has 0 atom stereocenters. The lowest BCUT2D eigenvalue weighted by Gasteiger charge is -2.08. The average molecular weight is 379 g/mol. The van der Waals surface area contributed by atoms with Gasteiger partial charge in [0.15, 0.2) is 0 Å². The number of nitriles is 1. The van der Waals surface area contributed by atoms with Crippen LogP contribution in [-0.4, -0.2) is 27.2 Å². The first-order valence-corrected chi connectivity index (χ1v) is 9.10. The van der Waals surface area contributed by atoms with Gasteiger partial charge < -0.3 is 5.32 Å². The summed E-state index contributed by atoms with van der Waals surface area (Å²) in [5.41, 5.74) is 2.15. The number of amides is 1. The van der Waals surface area contributed by atoms with E-state index >= 15 is 0 Å². The van der Waals surface area contributed by atoms with Gasteiger partial charge in [0.2, 0.25) is 0 Å². The van der Waals surface area contributed by atoms with E-state index in [0.29, 0.717) is 16.8 Å². The van der Waals surface area contributed by atoms with Crippen LogP contribution >= 0.6 is 11.3 Å². The molecule has 0 saturated carbocycles. The number of benzene rings is 1. The summed E-state index contributed by atoms with van der Waals surface area (Å²) >= 11 is 1.53. The Labute approximate surface area is 159 Å². The summed E-state index contributed by atoms with van der Waals surface area (Å²) in [5, 5.41) is 17.0. The summed E-state index contributed by atoms with van der Waals surface area (Å²) in [4.78, 5) is 29.6. The number of carbonyl (C=O) groups is 1. The molecule has 8 heteroatoms. The molecule has 1 amide bonds. The van der Waals surface area contributed by atoms with Gasteiger partial charge >= 0.3 is 0 Å². The highest BCUT2D eigenvalue weighted by Gasteiger charge is 2.11. The molecule has 2 heterocycles. The zero-order valence-electron chi connectivity index (χ0n) is 14.9. The highest BCUT2D eigenvalue weighted by atomic mass is 32.1. The molecule has 0 aliphatic carbocycles. The average Bonchev–Trinajstić information content (AvgIpc) is 3.01. The first-order chi connectivity index (χ1) is 13.0. The molecule has 3 aromatic rings. The molecule has 0 aliphatic rings. The van der Waals surface area contributed by atoms with E-state index in [9.17, 15) is 9.59 Å². The van der Waals surface area contributed by atoms with Crippen molar-refractivity contribution in [1.82, 2.24) is 20.1 Å². The lowest BCUT2D eigenvalue weighted by Crippen LogP contribution is -2.32. The number of nitrogens with one attached hydrogen (secondary N) is 1. The Balaban J connectivity index is 1.70. The predicted molar refractivity (Wildman–Crippen MR) is 103 cm³/mol. The summed E-state index contributed by atoms with van der Waals surface area (Å²) in [6.45, 7) is 4.32. The van der Waals surface area contributed by atoms with Crippen LogP contribution in [0.25, 0.3) is 10.6 Å². The lowest BCUT2D eigenvalue weighted by molar-refractivity contribution is 0.0951. The minimum atomic E-state index is -0.301. The fourth-order valence-electron chi connectivity index (χ4n) is 2.61. The number of aryl methyl sites for hydroxylation is 2. The fourth-order valence-corrected chi connectivity index (χ4v) is 3.49. The van der Waals surface area contributed by atoms with E-state index in [1.165, 1.54) is 28.2 Å². The van der Waals surface area contributed by atoms with Crippen molar-refractivity contribution in [2.45, 2.75) is 20.4 Å². The third-order valence-electron chi connectivity index (χ3n) is 3.87. The summed E-state index contributed by atoms with van der Waals surface area (Å²) in [6.07, 6.45) is 0. The van der Waals surface area contributed by atoms with Crippen LogP contribution in [-0.2, 0) is 6.54 Å². The van der Waals surface area contributed by atoms with Crippen molar-refractivity contribution in [3.8, 4) is 16.6 Å². The van der Waals surface area contributed by atoms with Crippen LogP contribution in [0, 0.1) is 25.2 Å². The topological polar surface area (TPSA) is 101 Å². The molecular formula is C19H17N5O2S. The maximum atomic E-state index is 12.2. The second-order valence-corrected chi connectivity index (χ2v) is 7.08. The quantitative estimate of drug-likeness (QED) is 0.733. The molecule has 0 aliphatic heterocycles. The van der Waals surface area contributed by atoms with Crippen molar-refractivity contribution in [3.05, 3.63) is 68.6 Å². The Morgan fingerprint density at radius 3 is 2.81 bits per heavy atom. The third-order valence-corrected chi connectivity index (χ3v) is 4.96. The molecule has 0 spiro atoms. The number of thiazole rings is 1. The third kappa shape index (κ3) is 4.27. The first kappa shape index (κ1) is 18.5. The van der Waals surface area contributed by atoms with E-state index in [2.05, 4.69) is 15.4 Å². The van der Waals surface area contributed by atoms with Crippen molar-refractivity contribution >= 4 is 17.2 Å². The van der Waals surface area contributed by atoms with Gasteiger partial charge in [-0.15, -0.1) is 11.3 Å². The van der Waals surface area contributed by atoms with Crippen LogP contribution in [0.4, 0.5) is 0 Å². The molecule has 0 unspecified atom stereocenters. The van der Waals surface area contributed by atoms with Gasteiger partial charge in [-0.25, -0.2) is 9.67 Å². The minimum absolute atomic E-state index is 0.238. The fraction of sp³-hybridized carbons (Fsp3) is 0.211. The summed E-state index contributed by atoms with van der Waals surface area (Å²) < 4.78 is 1.33. The van der Waals surface area contributed by atoms with Gasteiger partial charge in [0, 0.05) is 18.2 Å². The van der Waals surface area contributed by atoms with E-state index in [-0.39, 0.29) is 24.6 Å². The van der Waals surface area contributed by atoms with Gasteiger partial charge in [-0.05, 0) is 38.1 Å². The second-order valence-electron chi connectivity index (χ2n) is 5.88. The van der Waals surface area contributed by atoms with Crippen molar-refractivity contribution in [3.63, 3.8) is 0 Å². The van der Waals surface area contributed by atoms with Gasteiger partial charge in [-0.2, -0.15) is 10.4 Å². The van der Waals surface area contributed by atoms with Crippen molar-refractivity contribution < 1.29 is 4.79 Å². The van der Waals surface area contributed by atoms with Crippen LogP contribution < -0.4 is 10.9 Å². The number of hydrogen-bond acceptors (Lipinski definition) is 6. The van der Waals surface area contributed by atoms with E-state index in [1.807, 2.05) is 19.9 Å². The maximum Gasteiger partial charge on any atom is 0.266 e. The molecule has 0 fully saturated rings. The predicted octanol–water partition coefficient (Wildman–Crippen LogP) is 2.29. The first-order valence-electron chi connectivity index (χ1n) is 8.29. The van der Waals surface area contributed by atoms with E-state index in [4.69, 9.17) is 5.26 Å². The number of aromatic nitrogens is 3. The van der Waals surface area contributed by atoms with Crippen molar-refractivity contribution in [2.75, 3.05) is 6.54 Å². The zero-order chi connectivity index (χ0) is 19.4. The number of rotatable bonds is 5. The second kappa shape index (κ2) is 7.93. The maximum absolute atomic E-state index is 12.2. The van der Waals surface area contributed by atoms with Gasteiger partial charge in [0.05, 0.1) is 33.8 Å². The lowest BCUT2D eigenvalue weighted by atomic mass is 10.1. The van der Waals surface area contributed by atoms with Gasteiger partial charge in [-0.1, -0.05) is 6.07 Å². The van der Waals surface area contributed by atoms with Gasteiger partial charge in [-0.3, -0.25) is 9.59 Å². The zero-order valence-corrected chi connectivity index (χ0v) is 15.7. The standard InChI is InChI=1S/C19H17N5O2S/c1-12-18(27-13(2)22-12)16-6-7-17(25)24(23-16)9-8-21-19(26)15-5-3-4-14(10-15)11-20/h3-7,10H,8-9H2,1-2H3,(H,21,26). The van der Waals surface area contributed by atoms with Crippen LogP contribution in [0.1, 0.15) is 26.6 Å². The van der Waals surface area contributed by atoms with Crippen LogP contribution in [0.15, 0.2) is 41.2 Å². The number of carbonyl (C=O) groups excluding carboxylic acids is 1. The Kier molecular flexibility index (Phi) is 5.43. The van der Waals surface area contributed by atoms with E-state index < -0.39 is 0 Å². The highest BCUT2D eigenvalue weighted by molar-refractivity contribution is 7.15. The Bertz CT molecular complexity index is 1090. The van der Waals surface area contributed by atoms with Crippen LogP contribution in [0.5, 0.6) is 0 Å². The van der Waals surface area contributed by atoms with Gasteiger partial charge in [0.1, 0.15) is 5.69 Å². The van der Waals surface area contributed by atoms with Crippen LogP contribution in [0.3, 0.4) is 0 Å². The Morgan fingerprint density at radius 1 is 1.30 bits per heavy atom. The van der Waals surface area contributed by atoms with Gasteiger partial charge in [0.25, 0.3) is 11.5 Å². The SMILES string of the molecule is Cc1nc(C)c(-c2ccc(=O)n(CCNC(=O)c3cccc(C#N)c3)n2)s1. The van der Waals surface area contributed by atoms with E-state index in [0.717, 1.165) is 15.6 Å². The molecule has 1 aromatic carbocycles. The Hall–Kier alpha value is -3.31. The molecule has 136 valence electrons. The summed E-state index contributed by atoms with van der Waals surface area (Å²) in [6, 6.07) is 11.6. The molecule has 0 radical (unpaired) electrons. The summed E-state index contributed by atoms with van der Waals surface area (Å²) in [5.74, 6) is -0.301. The minimum Gasteiger partial charge on any atom is -0.350 e. The monoisotopic (exact) mass is 379 g/mol. The molecule has 27 heavy (non-hydrogen) atoms. The largest absolute Gasteiger partial charge is 0.350 e. The Morgan fingerprint density at radius 2 is 2.11 bits per heavy atom. The number of hydrogen-bond donors (Lipinski definition) is 1. The van der Waals surface area contributed by atoms with Crippen molar-refractivity contribution in [2.24, 2.45) is 0 Å². The smallest absolute Gasteiger partial charge is 0.266 e. The number of nitrogens with zero attached hydrogens (tertiary/aromatic N) is 4.